The van der Waals surface area contributed by atoms with Gasteiger partial charge in [0, 0.05) is 5.57 Å². The van der Waals surface area contributed by atoms with Crippen LogP contribution in [0.15, 0.2) is 48.0 Å². The molecule has 0 aliphatic carbocycles. The largest absolute Gasteiger partial charge is 0.493 e. The third-order valence-corrected chi connectivity index (χ3v) is 5.24. The van der Waals surface area contributed by atoms with Gasteiger partial charge < -0.3 is 24.8 Å². The predicted molar refractivity (Wildman–Crippen MR) is 126 cm³/mol. The first-order chi connectivity index (χ1) is 15.3. The maximum absolute atomic E-state index is 12.7. The van der Waals surface area contributed by atoms with Crippen LogP contribution in [0.3, 0.4) is 0 Å². The highest BCUT2D eigenvalue weighted by Crippen LogP contribution is 2.41. The molecule has 168 valence electrons. The Morgan fingerprint density at radius 1 is 1.19 bits per heavy atom. The van der Waals surface area contributed by atoms with Crippen molar-refractivity contribution in [3.63, 3.8) is 0 Å². The molecule has 0 saturated heterocycles. The van der Waals surface area contributed by atoms with Gasteiger partial charge in [0.25, 0.3) is 0 Å². The Kier molecular flexibility index (Phi) is 7.71. The highest BCUT2D eigenvalue weighted by atomic mass is 35.5. The van der Waals surface area contributed by atoms with Crippen LogP contribution in [0.5, 0.6) is 11.5 Å². The lowest BCUT2D eigenvalue weighted by Crippen LogP contribution is -2.44. The summed E-state index contributed by atoms with van der Waals surface area (Å²) < 4.78 is 15.9. The number of rotatable bonds is 8. The molecule has 0 unspecified atom stereocenters. The zero-order valence-corrected chi connectivity index (χ0v) is 19.4. The van der Waals surface area contributed by atoms with Crippen molar-refractivity contribution in [2.24, 2.45) is 0 Å². The molecular weight excluding hydrogens is 452 g/mol. The third-order valence-electron chi connectivity index (χ3n) is 4.74. The Morgan fingerprint density at radius 3 is 2.53 bits per heavy atom. The Bertz CT molecular complexity index is 1070. The minimum absolute atomic E-state index is 0.130. The van der Waals surface area contributed by atoms with Crippen LogP contribution in [0.1, 0.15) is 31.0 Å². The summed E-state index contributed by atoms with van der Waals surface area (Å²) in [5.74, 6) is -0.130. The second kappa shape index (κ2) is 10.5. The van der Waals surface area contributed by atoms with Crippen LogP contribution in [-0.4, -0.2) is 37.2 Å². The van der Waals surface area contributed by atoms with Crippen molar-refractivity contribution in [2.75, 3.05) is 20.3 Å². The first-order valence-corrected chi connectivity index (χ1v) is 10.7. The molecule has 0 radical (unpaired) electrons. The van der Waals surface area contributed by atoms with Gasteiger partial charge in [0.1, 0.15) is 0 Å². The fraction of sp³-hybridized carbons (Fsp3) is 0.261. The van der Waals surface area contributed by atoms with Crippen LogP contribution in [-0.2, 0) is 14.3 Å². The lowest BCUT2D eigenvalue weighted by molar-refractivity contribution is -0.145. The number of methoxy groups -OCH3 is 1. The van der Waals surface area contributed by atoms with Gasteiger partial charge in [-0.15, -0.1) is 0 Å². The molecule has 1 atom stereocenters. The molecule has 1 aliphatic heterocycles. The van der Waals surface area contributed by atoms with Crippen LogP contribution in [0.25, 0.3) is 5.70 Å². The Balaban J connectivity index is 2.05. The summed E-state index contributed by atoms with van der Waals surface area (Å²) in [6.45, 7) is 3.14. The number of halogens is 1. The minimum Gasteiger partial charge on any atom is -0.493 e. The number of thiocarbonyl (C=S) groups is 1. The molecule has 1 heterocycles. The van der Waals surface area contributed by atoms with Gasteiger partial charge in [0.15, 0.2) is 29.0 Å². The summed E-state index contributed by atoms with van der Waals surface area (Å²) in [6, 6.07) is 12.3. The fourth-order valence-electron chi connectivity index (χ4n) is 3.41. The molecule has 32 heavy (non-hydrogen) atoms. The van der Waals surface area contributed by atoms with Gasteiger partial charge in [-0.2, -0.15) is 0 Å². The first kappa shape index (κ1) is 23.6. The van der Waals surface area contributed by atoms with Gasteiger partial charge in [0.05, 0.1) is 30.5 Å². The summed E-state index contributed by atoms with van der Waals surface area (Å²) in [5, 5.41) is 6.84. The van der Waals surface area contributed by atoms with E-state index in [-0.39, 0.29) is 29.8 Å². The van der Waals surface area contributed by atoms with Crippen molar-refractivity contribution < 1.29 is 23.8 Å². The van der Waals surface area contributed by atoms with Crippen LogP contribution < -0.4 is 20.1 Å². The van der Waals surface area contributed by atoms with E-state index in [2.05, 4.69) is 10.6 Å². The molecule has 2 aromatic rings. The lowest BCUT2D eigenvalue weighted by atomic mass is 9.90. The molecule has 2 N–H and O–H groups in total. The second-order valence-corrected chi connectivity index (χ2v) is 7.69. The van der Waals surface area contributed by atoms with Crippen LogP contribution in [0, 0.1) is 0 Å². The monoisotopic (exact) mass is 474 g/mol. The second-order valence-electron chi connectivity index (χ2n) is 6.87. The number of hydrogen-bond acceptors (Lipinski definition) is 6. The quantitative estimate of drug-likeness (QED) is 0.441. The number of benzene rings is 2. The smallest absolute Gasteiger partial charge is 0.344 e. The molecule has 1 aliphatic rings. The van der Waals surface area contributed by atoms with E-state index in [9.17, 15) is 9.59 Å². The van der Waals surface area contributed by atoms with Gasteiger partial charge in [0.2, 0.25) is 0 Å². The Labute approximate surface area is 196 Å². The maximum atomic E-state index is 12.7. The summed E-state index contributed by atoms with van der Waals surface area (Å²) in [4.78, 5) is 24.4. The Morgan fingerprint density at radius 2 is 1.91 bits per heavy atom. The number of ether oxygens (including phenoxy) is 3. The minimum atomic E-state index is -0.568. The summed E-state index contributed by atoms with van der Waals surface area (Å²) in [5.41, 5.74) is 2.62. The number of esters is 1. The summed E-state index contributed by atoms with van der Waals surface area (Å²) in [6.07, 6.45) is 0. The van der Waals surface area contributed by atoms with Crippen molar-refractivity contribution in [1.29, 1.82) is 0 Å². The lowest BCUT2D eigenvalue weighted by Gasteiger charge is -2.31. The van der Waals surface area contributed by atoms with Crippen LogP contribution >= 0.6 is 23.8 Å². The topological polar surface area (TPSA) is 85.9 Å². The van der Waals surface area contributed by atoms with E-state index in [0.29, 0.717) is 27.7 Å². The van der Waals surface area contributed by atoms with Gasteiger partial charge in [-0.05, 0) is 49.3 Å². The molecule has 0 saturated carbocycles. The molecule has 0 fully saturated rings. The van der Waals surface area contributed by atoms with Crippen molar-refractivity contribution >= 4 is 46.4 Å². The van der Waals surface area contributed by atoms with E-state index in [1.165, 1.54) is 14.0 Å². The van der Waals surface area contributed by atoms with Crippen LogP contribution in [0.2, 0.25) is 5.02 Å². The highest BCUT2D eigenvalue weighted by molar-refractivity contribution is 7.80. The molecule has 2 aromatic carbocycles. The first-order valence-electron chi connectivity index (χ1n) is 9.89. The number of hydrogen-bond donors (Lipinski definition) is 2. The number of Topliss-reactive ketones (excluding diaryl/α,β-unsaturated/α-hetero) is 1. The molecule has 3 rings (SSSR count). The zero-order chi connectivity index (χ0) is 23.3. The van der Waals surface area contributed by atoms with E-state index in [0.717, 1.165) is 5.56 Å². The van der Waals surface area contributed by atoms with E-state index in [1.807, 2.05) is 30.3 Å². The van der Waals surface area contributed by atoms with Crippen molar-refractivity contribution in [1.82, 2.24) is 10.6 Å². The average molecular weight is 475 g/mol. The van der Waals surface area contributed by atoms with E-state index < -0.39 is 12.0 Å². The summed E-state index contributed by atoms with van der Waals surface area (Å²) in [7, 11) is 1.46. The number of carbonyl (C=O) groups excluding carboxylic acids is 2. The molecule has 0 amide bonds. The number of nitrogens with one attached hydrogen (secondary N) is 2. The number of carbonyl (C=O) groups is 2. The van der Waals surface area contributed by atoms with Gasteiger partial charge >= 0.3 is 5.97 Å². The van der Waals surface area contributed by atoms with Gasteiger partial charge in [-0.1, -0.05) is 41.9 Å². The van der Waals surface area contributed by atoms with Gasteiger partial charge in [-0.25, -0.2) is 4.79 Å². The third kappa shape index (κ3) is 5.20. The fourth-order valence-corrected chi connectivity index (χ4v) is 3.90. The maximum Gasteiger partial charge on any atom is 0.344 e. The van der Waals surface area contributed by atoms with Crippen LogP contribution in [0.4, 0.5) is 0 Å². The predicted octanol–water partition coefficient (Wildman–Crippen LogP) is 3.81. The number of ketones is 1. The van der Waals surface area contributed by atoms with E-state index in [1.54, 1.807) is 19.1 Å². The molecule has 9 heteroatoms. The summed E-state index contributed by atoms with van der Waals surface area (Å²) >= 11 is 11.9. The van der Waals surface area contributed by atoms with E-state index in [4.69, 9.17) is 38.0 Å². The standard InChI is InChI=1S/C23H23ClN2O5S/c1-4-30-18(28)12-31-22-16(24)10-15(11-17(22)29-3)21-19(13(2)27)20(25-23(32)26-21)14-8-6-5-7-9-14/h5-11,21H,4,12H2,1-3H3,(H2,25,26,32)/t21-/m1/s1. The molecule has 0 aromatic heterocycles. The van der Waals surface area contributed by atoms with E-state index >= 15 is 0 Å². The highest BCUT2D eigenvalue weighted by Gasteiger charge is 2.31. The zero-order valence-electron chi connectivity index (χ0n) is 17.9. The average Bonchev–Trinajstić information content (AvgIpc) is 2.77. The van der Waals surface area contributed by atoms with Crippen molar-refractivity contribution in [3.8, 4) is 11.5 Å². The molecular formula is C23H23ClN2O5S. The Hall–Kier alpha value is -3.10. The molecule has 7 nitrogen and oxygen atoms in total. The van der Waals surface area contributed by atoms with Gasteiger partial charge in [-0.3, -0.25) is 4.79 Å². The molecule has 0 bridgehead atoms. The normalized spacial score (nSPS) is 15.5. The van der Waals surface area contributed by atoms with Crippen molar-refractivity contribution in [3.05, 3.63) is 64.2 Å². The SMILES string of the molecule is CCOC(=O)COc1c(Cl)cc([C@H]2NC(=S)NC(c3ccccc3)=C2C(C)=O)cc1OC. The molecule has 0 spiro atoms. The van der Waals surface area contributed by atoms with Crippen molar-refractivity contribution in [2.45, 2.75) is 19.9 Å².